The molecule has 0 radical (unpaired) electrons. The Morgan fingerprint density at radius 1 is 1.14 bits per heavy atom. The highest BCUT2D eigenvalue weighted by Crippen LogP contribution is 2.24. The second kappa shape index (κ2) is 8.47. The molecule has 2 aliphatic rings. The lowest BCUT2D eigenvalue weighted by atomic mass is 9.92. The molecule has 1 atom stereocenters. The van der Waals surface area contributed by atoms with Crippen molar-refractivity contribution in [1.82, 2.24) is 20.2 Å². The fourth-order valence-corrected chi connectivity index (χ4v) is 4.39. The third kappa shape index (κ3) is 4.41. The minimum absolute atomic E-state index is 0.0417. The fourth-order valence-electron chi connectivity index (χ4n) is 4.39. The van der Waals surface area contributed by atoms with Crippen molar-refractivity contribution in [1.29, 1.82) is 0 Å². The summed E-state index contributed by atoms with van der Waals surface area (Å²) in [5.41, 5.74) is 1.23. The number of benzene rings is 1. The second-order valence-electron chi connectivity index (χ2n) is 8.09. The van der Waals surface area contributed by atoms with Gasteiger partial charge < -0.3 is 15.2 Å². The standard InChI is InChI=1S/C21H26F2N4O2/c22-18(23)19-25-16-9-8-13(11-17(16)26-19)21(29)27-10-4-5-14(12-27)20(28)24-15-6-2-1-3-7-15/h8-9,11,14-15,18H,1-7,10,12H2,(H,24,28)(H,25,26). The number of aromatic amines is 1. The summed E-state index contributed by atoms with van der Waals surface area (Å²) in [7, 11) is 0. The molecule has 1 aromatic heterocycles. The first-order valence-electron chi connectivity index (χ1n) is 10.4. The second-order valence-corrected chi connectivity index (χ2v) is 8.09. The molecule has 1 aliphatic carbocycles. The number of aromatic nitrogens is 2. The van der Waals surface area contributed by atoms with Gasteiger partial charge in [0, 0.05) is 24.7 Å². The number of likely N-dealkylation sites (tertiary alicyclic amines) is 1. The smallest absolute Gasteiger partial charge is 0.295 e. The number of carbonyl (C=O) groups is 2. The molecular formula is C21H26F2N4O2. The summed E-state index contributed by atoms with van der Waals surface area (Å²) in [6, 6.07) is 4.99. The van der Waals surface area contributed by atoms with Gasteiger partial charge in [0.05, 0.1) is 17.0 Å². The van der Waals surface area contributed by atoms with Gasteiger partial charge in [0.1, 0.15) is 0 Å². The average Bonchev–Trinajstić information content (AvgIpc) is 3.18. The van der Waals surface area contributed by atoms with E-state index < -0.39 is 12.2 Å². The van der Waals surface area contributed by atoms with E-state index in [1.807, 2.05) is 0 Å². The molecule has 2 aromatic rings. The van der Waals surface area contributed by atoms with Gasteiger partial charge in [0.25, 0.3) is 12.3 Å². The molecule has 156 valence electrons. The van der Waals surface area contributed by atoms with Gasteiger partial charge in [-0.05, 0) is 43.9 Å². The van der Waals surface area contributed by atoms with Crippen molar-refractivity contribution in [2.75, 3.05) is 13.1 Å². The highest BCUT2D eigenvalue weighted by molar-refractivity contribution is 5.97. The molecule has 6 nitrogen and oxygen atoms in total. The molecule has 0 bridgehead atoms. The summed E-state index contributed by atoms with van der Waals surface area (Å²) in [5.74, 6) is -0.742. The Kier molecular flexibility index (Phi) is 5.78. The van der Waals surface area contributed by atoms with Gasteiger partial charge in [-0.3, -0.25) is 9.59 Å². The topological polar surface area (TPSA) is 78.1 Å². The Morgan fingerprint density at radius 2 is 1.93 bits per heavy atom. The molecule has 1 aliphatic heterocycles. The quantitative estimate of drug-likeness (QED) is 0.814. The SMILES string of the molecule is O=C(NC1CCCCC1)C1CCCN(C(=O)c2ccc3nc(C(F)F)[nH]c3c2)C1. The Balaban J connectivity index is 1.42. The Hall–Kier alpha value is -2.51. The van der Waals surface area contributed by atoms with Gasteiger partial charge in [-0.1, -0.05) is 19.3 Å². The number of nitrogens with one attached hydrogen (secondary N) is 2. The predicted octanol–water partition coefficient (Wildman–Crippen LogP) is 3.80. The number of H-pyrrole nitrogens is 1. The van der Waals surface area contributed by atoms with Crippen LogP contribution in [0.3, 0.4) is 0 Å². The first kappa shape index (κ1) is 19.8. The van der Waals surface area contributed by atoms with E-state index in [-0.39, 0.29) is 23.8 Å². The number of fused-ring (bicyclic) bond motifs is 1. The number of alkyl halides is 2. The molecule has 0 spiro atoms. The number of hydrogen-bond donors (Lipinski definition) is 2. The van der Waals surface area contributed by atoms with E-state index in [1.165, 1.54) is 6.42 Å². The van der Waals surface area contributed by atoms with Crippen molar-refractivity contribution in [3.05, 3.63) is 29.6 Å². The molecule has 2 N–H and O–H groups in total. The lowest BCUT2D eigenvalue weighted by molar-refractivity contribution is -0.127. The van der Waals surface area contributed by atoms with Crippen molar-refractivity contribution < 1.29 is 18.4 Å². The van der Waals surface area contributed by atoms with Gasteiger partial charge >= 0.3 is 0 Å². The Morgan fingerprint density at radius 3 is 2.69 bits per heavy atom. The number of imidazole rings is 1. The molecule has 29 heavy (non-hydrogen) atoms. The lowest BCUT2D eigenvalue weighted by Gasteiger charge is -2.33. The van der Waals surface area contributed by atoms with Crippen LogP contribution in [0.2, 0.25) is 0 Å². The molecule has 4 rings (SSSR count). The lowest BCUT2D eigenvalue weighted by Crippen LogP contribution is -2.47. The van der Waals surface area contributed by atoms with Crippen LogP contribution in [0.25, 0.3) is 11.0 Å². The van der Waals surface area contributed by atoms with E-state index in [0.717, 1.165) is 38.5 Å². The number of amides is 2. The van der Waals surface area contributed by atoms with Gasteiger partial charge in [0.15, 0.2) is 5.82 Å². The molecular weight excluding hydrogens is 378 g/mol. The minimum atomic E-state index is -2.69. The van der Waals surface area contributed by atoms with E-state index in [0.29, 0.717) is 29.7 Å². The van der Waals surface area contributed by atoms with Crippen LogP contribution in [-0.2, 0) is 4.79 Å². The third-order valence-corrected chi connectivity index (χ3v) is 5.98. The molecule has 2 amide bonds. The zero-order valence-electron chi connectivity index (χ0n) is 16.3. The molecule has 2 heterocycles. The summed E-state index contributed by atoms with van der Waals surface area (Å²) in [6.07, 6.45) is 4.48. The van der Waals surface area contributed by atoms with Crippen molar-refractivity contribution in [2.24, 2.45) is 5.92 Å². The van der Waals surface area contributed by atoms with Crippen molar-refractivity contribution in [3.63, 3.8) is 0 Å². The third-order valence-electron chi connectivity index (χ3n) is 5.98. The summed E-state index contributed by atoms with van der Waals surface area (Å²) >= 11 is 0. The van der Waals surface area contributed by atoms with Crippen LogP contribution < -0.4 is 5.32 Å². The zero-order chi connectivity index (χ0) is 20.4. The number of carbonyl (C=O) groups excluding carboxylic acids is 2. The van der Waals surface area contributed by atoms with Gasteiger partial charge in [-0.2, -0.15) is 0 Å². The maximum Gasteiger partial charge on any atom is 0.295 e. The van der Waals surface area contributed by atoms with Crippen LogP contribution >= 0.6 is 0 Å². The van der Waals surface area contributed by atoms with Crippen molar-refractivity contribution in [2.45, 2.75) is 57.4 Å². The van der Waals surface area contributed by atoms with Crippen molar-refractivity contribution in [3.8, 4) is 0 Å². The van der Waals surface area contributed by atoms with E-state index >= 15 is 0 Å². The summed E-state index contributed by atoms with van der Waals surface area (Å²) in [5, 5.41) is 3.16. The van der Waals surface area contributed by atoms with E-state index in [9.17, 15) is 18.4 Å². The average molecular weight is 404 g/mol. The maximum absolute atomic E-state index is 13.0. The largest absolute Gasteiger partial charge is 0.353 e. The molecule has 1 saturated carbocycles. The van der Waals surface area contributed by atoms with Gasteiger partial charge in [-0.25, -0.2) is 13.8 Å². The first-order chi connectivity index (χ1) is 14.0. The van der Waals surface area contributed by atoms with Crippen LogP contribution in [0.1, 0.15) is 67.6 Å². The van der Waals surface area contributed by atoms with E-state index in [2.05, 4.69) is 15.3 Å². The summed E-state index contributed by atoms with van der Waals surface area (Å²) in [4.78, 5) is 33.7. The fraction of sp³-hybridized carbons (Fsp3) is 0.571. The van der Waals surface area contributed by atoms with Gasteiger partial charge in [-0.15, -0.1) is 0 Å². The van der Waals surface area contributed by atoms with Gasteiger partial charge in [0.2, 0.25) is 5.91 Å². The van der Waals surface area contributed by atoms with Crippen LogP contribution in [-0.4, -0.2) is 45.8 Å². The van der Waals surface area contributed by atoms with Crippen LogP contribution in [0.5, 0.6) is 0 Å². The summed E-state index contributed by atoms with van der Waals surface area (Å²) < 4.78 is 25.7. The van der Waals surface area contributed by atoms with E-state index in [1.54, 1.807) is 23.1 Å². The van der Waals surface area contributed by atoms with Crippen LogP contribution in [0, 0.1) is 5.92 Å². The molecule has 2 fully saturated rings. The number of piperidine rings is 1. The monoisotopic (exact) mass is 404 g/mol. The maximum atomic E-state index is 13.0. The first-order valence-corrected chi connectivity index (χ1v) is 10.4. The highest BCUT2D eigenvalue weighted by atomic mass is 19.3. The molecule has 8 heteroatoms. The van der Waals surface area contributed by atoms with Crippen LogP contribution in [0.15, 0.2) is 18.2 Å². The normalized spacial score (nSPS) is 20.9. The zero-order valence-corrected chi connectivity index (χ0v) is 16.3. The van der Waals surface area contributed by atoms with Crippen molar-refractivity contribution >= 4 is 22.8 Å². The van der Waals surface area contributed by atoms with E-state index in [4.69, 9.17) is 0 Å². The molecule has 1 saturated heterocycles. The highest BCUT2D eigenvalue weighted by Gasteiger charge is 2.30. The number of nitrogens with zero attached hydrogens (tertiary/aromatic N) is 2. The molecule has 1 aromatic carbocycles. The molecule has 1 unspecified atom stereocenters. The minimum Gasteiger partial charge on any atom is -0.353 e. The Labute approximate surface area is 168 Å². The number of rotatable bonds is 4. The number of halogens is 2. The summed E-state index contributed by atoms with van der Waals surface area (Å²) in [6.45, 7) is 0.982. The van der Waals surface area contributed by atoms with Crippen LogP contribution in [0.4, 0.5) is 8.78 Å². The predicted molar refractivity (Wildman–Crippen MR) is 105 cm³/mol. The number of hydrogen-bond acceptors (Lipinski definition) is 3. The Bertz CT molecular complexity index is 892.